The number of carbonyl (C=O) groups excluding carboxylic acids is 1. The lowest BCUT2D eigenvalue weighted by molar-refractivity contribution is -0.116. The van der Waals surface area contributed by atoms with E-state index in [1.807, 2.05) is 18.2 Å². The van der Waals surface area contributed by atoms with Crippen LogP contribution in [0, 0.1) is 0 Å². The maximum atomic E-state index is 11.4. The number of hydrogen-bond donors (Lipinski definition) is 3. The van der Waals surface area contributed by atoms with Crippen molar-refractivity contribution in [2.75, 3.05) is 38.1 Å². The number of nitrogens with zero attached hydrogens (tertiary/aromatic N) is 2. The highest BCUT2D eigenvalue weighted by molar-refractivity contribution is 5.94. The molecule has 0 atom stereocenters. The minimum Gasteiger partial charge on any atom is -0.492 e. The van der Waals surface area contributed by atoms with Crippen LogP contribution in [0.15, 0.2) is 23.2 Å². The molecule has 0 saturated heterocycles. The number of rotatable bonds is 10. The first-order valence-corrected chi connectivity index (χ1v) is 10.7. The Morgan fingerprint density at radius 2 is 1.97 bits per heavy atom. The first-order chi connectivity index (χ1) is 13.9. The molecule has 7 nitrogen and oxygen atoms in total. The summed E-state index contributed by atoms with van der Waals surface area (Å²) in [5, 5.41) is 9.50. The fourth-order valence-electron chi connectivity index (χ4n) is 3.52. The van der Waals surface area contributed by atoms with Crippen molar-refractivity contribution in [2.45, 2.75) is 59.5 Å². The zero-order valence-electron chi connectivity index (χ0n) is 18.5. The SMILES string of the molecule is CCNC(=NCCN(C(C)C)C(C)C)NCCOc1ccc2c(c1)CCC(=O)N2. The standard InChI is InChI=1S/C22H37N5O2/c1-6-23-22(24-11-13-27(16(2)3)17(4)5)25-12-14-29-19-8-9-20-18(15-19)7-10-21(28)26-20/h8-9,15-17H,6-7,10-14H2,1-5H3,(H,26,28)(H2,23,24,25). The molecular formula is C22H37N5O2. The second kappa shape index (κ2) is 11.7. The second-order valence-electron chi connectivity index (χ2n) is 7.83. The van der Waals surface area contributed by atoms with Gasteiger partial charge in [-0.05, 0) is 64.8 Å². The Bertz CT molecular complexity index is 680. The number of aryl methyl sites for hydroxylation is 1. The topological polar surface area (TPSA) is 78.0 Å². The van der Waals surface area contributed by atoms with Gasteiger partial charge in [-0.3, -0.25) is 14.7 Å². The van der Waals surface area contributed by atoms with E-state index in [0.29, 0.717) is 31.7 Å². The van der Waals surface area contributed by atoms with E-state index in [-0.39, 0.29) is 5.91 Å². The Hall–Kier alpha value is -2.28. The van der Waals surface area contributed by atoms with Crippen LogP contribution in [0.2, 0.25) is 0 Å². The molecule has 3 N–H and O–H groups in total. The molecule has 1 aromatic rings. The van der Waals surface area contributed by atoms with Crippen LogP contribution in [0.1, 0.15) is 46.6 Å². The maximum Gasteiger partial charge on any atom is 0.224 e. The monoisotopic (exact) mass is 403 g/mol. The van der Waals surface area contributed by atoms with Crippen LogP contribution < -0.4 is 20.7 Å². The van der Waals surface area contributed by atoms with Crippen molar-refractivity contribution in [2.24, 2.45) is 4.99 Å². The van der Waals surface area contributed by atoms with E-state index in [9.17, 15) is 4.79 Å². The van der Waals surface area contributed by atoms with Gasteiger partial charge < -0.3 is 20.7 Å². The van der Waals surface area contributed by atoms with Gasteiger partial charge in [0.2, 0.25) is 5.91 Å². The van der Waals surface area contributed by atoms with Gasteiger partial charge in [-0.1, -0.05) is 0 Å². The highest BCUT2D eigenvalue weighted by atomic mass is 16.5. The van der Waals surface area contributed by atoms with E-state index in [2.05, 4.69) is 60.5 Å². The molecule has 1 amide bonds. The summed E-state index contributed by atoms with van der Waals surface area (Å²) >= 11 is 0. The van der Waals surface area contributed by atoms with Gasteiger partial charge in [-0.15, -0.1) is 0 Å². The van der Waals surface area contributed by atoms with Crippen molar-refractivity contribution in [3.05, 3.63) is 23.8 Å². The fourth-order valence-corrected chi connectivity index (χ4v) is 3.52. The Kier molecular flexibility index (Phi) is 9.25. The maximum absolute atomic E-state index is 11.4. The lowest BCUT2D eigenvalue weighted by Crippen LogP contribution is -2.41. The van der Waals surface area contributed by atoms with Gasteiger partial charge in [0.15, 0.2) is 5.96 Å². The normalized spacial score (nSPS) is 14.2. The Labute approximate surface area is 175 Å². The van der Waals surface area contributed by atoms with Crippen LogP contribution >= 0.6 is 0 Å². The molecule has 0 spiro atoms. The minimum atomic E-state index is 0.0792. The van der Waals surface area contributed by atoms with Gasteiger partial charge in [0.1, 0.15) is 12.4 Å². The first kappa shape index (κ1) is 23.0. The molecule has 0 unspecified atom stereocenters. The molecule has 0 aromatic heterocycles. The van der Waals surface area contributed by atoms with Gasteiger partial charge >= 0.3 is 0 Å². The highest BCUT2D eigenvalue weighted by Gasteiger charge is 2.15. The summed E-state index contributed by atoms with van der Waals surface area (Å²) in [6, 6.07) is 6.85. The highest BCUT2D eigenvalue weighted by Crippen LogP contribution is 2.26. The van der Waals surface area contributed by atoms with Crippen LogP contribution in [0.4, 0.5) is 5.69 Å². The Balaban J connectivity index is 1.78. The van der Waals surface area contributed by atoms with E-state index in [0.717, 1.165) is 49.0 Å². The summed E-state index contributed by atoms with van der Waals surface area (Å²) in [5.41, 5.74) is 2.02. The first-order valence-electron chi connectivity index (χ1n) is 10.7. The van der Waals surface area contributed by atoms with Crippen molar-refractivity contribution in [1.82, 2.24) is 15.5 Å². The fraction of sp³-hybridized carbons (Fsp3) is 0.636. The van der Waals surface area contributed by atoms with Gasteiger partial charge in [-0.2, -0.15) is 0 Å². The van der Waals surface area contributed by atoms with Crippen molar-refractivity contribution < 1.29 is 9.53 Å². The van der Waals surface area contributed by atoms with Gasteiger partial charge in [0.25, 0.3) is 0 Å². The third kappa shape index (κ3) is 7.57. The van der Waals surface area contributed by atoms with Crippen molar-refractivity contribution >= 4 is 17.6 Å². The van der Waals surface area contributed by atoms with E-state index in [1.54, 1.807) is 0 Å². The summed E-state index contributed by atoms with van der Waals surface area (Å²) in [4.78, 5) is 18.6. The second-order valence-corrected chi connectivity index (χ2v) is 7.83. The molecule has 29 heavy (non-hydrogen) atoms. The van der Waals surface area contributed by atoms with E-state index >= 15 is 0 Å². The van der Waals surface area contributed by atoms with Gasteiger partial charge in [0.05, 0.1) is 13.1 Å². The number of carbonyl (C=O) groups is 1. The zero-order valence-corrected chi connectivity index (χ0v) is 18.5. The molecule has 0 saturated carbocycles. The molecule has 1 aliphatic heterocycles. The van der Waals surface area contributed by atoms with E-state index in [1.165, 1.54) is 0 Å². The molecule has 2 rings (SSSR count). The molecule has 0 aliphatic carbocycles. The molecule has 1 heterocycles. The average molecular weight is 404 g/mol. The summed E-state index contributed by atoms with van der Waals surface area (Å²) in [6.07, 6.45) is 1.29. The lowest BCUT2D eigenvalue weighted by Gasteiger charge is -2.29. The Morgan fingerprint density at radius 3 is 2.66 bits per heavy atom. The van der Waals surface area contributed by atoms with Crippen molar-refractivity contribution in [3.63, 3.8) is 0 Å². The number of hydrogen-bond acceptors (Lipinski definition) is 4. The molecule has 0 bridgehead atoms. The molecule has 162 valence electrons. The third-order valence-corrected chi connectivity index (χ3v) is 4.93. The summed E-state index contributed by atoms with van der Waals surface area (Å²) < 4.78 is 5.87. The molecule has 0 fully saturated rings. The predicted molar refractivity (Wildman–Crippen MR) is 120 cm³/mol. The largest absolute Gasteiger partial charge is 0.492 e. The third-order valence-electron chi connectivity index (χ3n) is 4.93. The number of ether oxygens (including phenoxy) is 1. The van der Waals surface area contributed by atoms with Crippen LogP contribution in [0.3, 0.4) is 0 Å². The molecule has 0 radical (unpaired) electrons. The summed E-state index contributed by atoms with van der Waals surface area (Å²) in [7, 11) is 0. The number of amides is 1. The van der Waals surface area contributed by atoms with Gasteiger partial charge in [0, 0.05) is 37.3 Å². The molecule has 7 heteroatoms. The minimum absolute atomic E-state index is 0.0792. The van der Waals surface area contributed by atoms with Crippen LogP contribution in [0.25, 0.3) is 0 Å². The number of nitrogens with one attached hydrogen (secondary N) is 3. The Morgan fingerprint density at radius 1 is 1.21 bits per heavy atom. The smallest absolute Gasteiger partial charge is 0.224 e. The van der Waals surface area contributed by atoms with E-state index < -0.39 is 0 Å². The van der Waals surface area contributed by atoms with Crippen LogP contribution in [-0.2, 0) is 11.2 Å². The molecule has 1 aromatic carbocycles. The molecule has 1 aliphatic rings. The van der Waals surface area contributed by atoms with Crippen LogP contribution in [-0.4, -0.2) is 61.6 Å². The van der Waals surface area contributed by atoms with E-state index in [4.69, 9.17) is 4.74 Å². The number of fused-ring (bicyclic) bond motifs is 1. The molecular weight excluding hydrogens is 366 g/mol. The van der Waals surface area contributed by atoms with Crippen LogP contribution in [0.5, 0.6) is 5.75 Å². The van der Waals surface area contributed by atoms with Crippen molar-refractivity contribution in [3.8, 4) is 5.75 Å². The lowest BCUT2D eigenvalue weighted by atomic mass is 10.0. The number of anilines is 1. The number of guanidine groups is 1. The number of benzene rings is 1. The zero-order chi connectivity index (χ0) is 21.2. The predicted octanol–water partition coefficient (Wildman–Crippen LogP) is 2.62. The summed E-state index contributed by atoms with van der Waals surface area (Å²) in [5.74, 6) is 1.72. The van der Waals surface area contributed by atoms with Crippen molar-refractivity contribution in [1.29, 1.82) is 0 Å². The number of aliphatic imine (C=N–C) groups is 1. The quantitative estimate of drug-likeness (QED) is 0.318. The summed E-state index contributed by atoms with van der Waals surface area (Å²) in [6.45, 7) is 14.7. The average Bonchev–Trinajstić information content (AvgIpc) is 2.67. The van der Waals surface area contributed by atoms with Gasteiger partial charge in [-0.25, -0.2) is 0 Å².